The first-order chi connectivity index (χ1) is 12.6. The summed E-state index contributed by atoms with van der Waals surface area (Å²) in [6.45, 7) is 1.42. The highest BCUT2D eigenvalue weighted by molar-refractivity contribution is 5.97. The predicted molar refractivity (Wildman–Crippen MR) is 93.2 cm³/mol. The van der Waals surface area contributed by atoms with Gasteiger partial charge in [0.15, 0.2) is 11.5 Å². The molecular weight excluding hydrogens is 338 g/mol. The maximum absolute atomic E-state index is 12.0. The maximum Gasteiger partial charge on any atom is 0.243 e. The minimum atomic E-state index is -0.685. The number of methoxy groups -OCH3 is 3. The van der Waals surface area contributed by atoms with Crippen LogP contribution in [0.3, 0.4) is 0 Å². The van der Waals surface area contributed by atoms with Crippen molar-refractivity contribution in [1.29, 1.82) is 0 Å². The molecular formula is C18H19N3O5. The molecule has 0 N–H and O–H groups in total. The number of ether oxygens (including phenoxy) is 4. The van der Waals surface area contributed by atoms with Gasteiger partial charge in [0.05, 0.1) is 21.3 Å². The highest BCUT2D eigenvalue weighted by Crippen LogP contribution is 2.40. The molecule has 0 saturated carbocycles. The summed E-state index contributed by atoms with van der Waals surface area (Å²) >= 11 is 0. The molecule has 1 aliphatic rings. The molecule has 0 radical (unpaired) electrons. The SMILES string of the molecule is COc1cc(C2=NN(C(C)=O)C(c3cccnc3)O2)cc(OC)c1OC. The Morgan fingerprint density at radius 1 is 1.15 bits per heavy atom. The summed E-state index contributed by atoms with van der Waals surface area (Å²) in [6, 6.07) is 7.02. The second kappa shape index (κ2) is 7.30. The van der Waals surface area contributed by atoms with Crippen LogP contribution in [-0.2, 0) is 9.53 Å². The number of hydrazone groups is 1. The van der Waals surface area contributed by atoms with Gasteiger partial charge >= 0.3 is 0 Å². The Morgan fingerprint density at radius 3 is 2.35 bits per heavy atom. The molecule has 1 aromatic heterocycles. The maximum atomic E-state index is 12.0. The summed E-state index contributed by atoms with van der Waals surface area (Å²) in [5, 5.41) is 5.59. The van der Waals surface area contributed by atoms with Gasteiger partial charge in [0.1, 0.15) is 0 Å². The van der Waals surface area contributed by atoms with Crippen LogP contribution in [0.4, 0.5) is 0 Å². The average molecular weight is 357 g/mol. The molecule has 2 aromatic rings. The molecule has 1 aromatic carbocycles. The van der Waals surface area contributed by atoms with Crippen LogP contribution in [0.25, 0.3) is 0 Å². The van der Waals surface area contributed by atoms with Crippen LogP contribution in [0.5, 0.6) is 17.2 Å². The Morgan fingerprint density at radius 2 is 1.85 bits per heavy atom. The largest absolute Gasteiger partial charge is 0.493 e. The van der Waals surface area contributed by atoms with Gasteiger partial charge in [-0.25, -0.2) is 0 Å². The molecule has 1 aliphatic heterocycles. The Hall–Kier alpha value is -3.29. The molecule has 0 saturated heterocycles. The number of nitrogens with zero attached hydrogens (tertiary/aromatic N) is 3. The van der Waals surface area contributed by atoms with Gasteiger partial charge in [-0.3, -0.25) is 9.78 Å². The van der Waals surface area contributed by atoms with Crippen molar-refractivity contribution < 1.29 is 23.7 Å². The number of benzene rings is 1. The van der Waals surface area contributed by atoms with Crippen molar-refractivity contribution in [2.24, 2.45) is 5.10 Å². The Labute approximate surface area is 150 Å². The summed E-state index contributed by atoms with van der Waals surface area (Å²) < 4.78 is 22.0. The standard InChI is InChI=1S/C18H19N3O5/c1-11(22)21-18(12-6-5-7-19-10-12)26-17(20-21)13-8-14(23-2)16(25-4)15(9-13)24-3/h5-10,18H,1-4H3. The lowest BCUT2D eigenvalue weighted by Crippen LogP contribution is -2.25. The van der Waals surface area contributed by atoms with Gasteiger partial charge in [-0.1, -0.05) is 6.07 Å². The number of carbonyl (C=O) groups excluding carboxylic acids is 1. The van der Waals surface area contributed by atoms with E-state index in [4.69, 9.17) is 18.9 Å². The predicted octanol–water partition coefficient (Wildman–Crippen LogP) is 2.35. The molecule has 1 amide bonds. The fourth-order valence-corrected chi connectivity index (χ4v) is 2.63. The Bertz CT molecular complexity index is 813. The second-order valence-corrected chi connectivity index (χ2v) is 5.44. The van der Waals surface area contributed by atoms with E-state index < -0.39 is 6.23 Å². The van der Waals surface area contributed by atoms with Gasteiger partial charge < -0.3 is 18.9 Å². The van der Waals surface area contributed by atoms with Crippen molar-refractivity contribution in [3.8, 4) is 17.2 Å². The number of pyridine rings is 1. The van der Waals surface area contributed by atoms with Gasteiger partial charge in [0.25, 0.3) is 0 Å². The summed E-state index contributed by atoms with van der Waals surface area (Å²) in [5.41, 5.74) is 1.31. The number of hydrogen-bond acceptors (Lipinski definition) is 7. The zero-order chi connectivity index (χ0) is 18.7. The molecule has 0 spiro atoms. The zero-order valence-electron chi connectivity index (χ0n) is 14.9. The van der Waals surface area contributed by atoms with Crippen molar-refractivity contribution in [3.63, 3.8) is 0 Å². The number of carbonyl (C=O) groups is 1. The van der Waals surface area contributed by atoms with E-state index in [-0.39, 0.29) is 11.8 Å². The topological polar surface area (TPSA) is 82.5 Å². The first-order valence-electron chi connectivity index (χ1n) is 7.84. The normalized spacial score (nSPS) is 15.9. The summed E-state index contributed by atoms with van der Waals surface area (Å²) in [6.07, 6.45) is 2.60. The number of hydrogen-bond donors (Lipinski definition) is 0. The van der Waals surface area contributed by atoms with Crippen LogP contribution >= 0.6 is 0 Å². The monoisotopic (exact) mass is 357 g/mol. The first-order valence-corrected chi connectivity index (χ1v) is 7.84. The van der Waals surface area contributed by atoms with Crippen LogP contribution in [0, 0.1) is 0 Å². The van der Waals surface area contributed by atoms with E-state index in [1.165, 1.54) is 33.3 Å². The molecule has 136 valence electrons. The van der Waals surface area contributed by atoms with Gasteiger partial charge in [-0.05, 0) is 18.2 Å². The van der Waals surface area contributed by atoms with E-state index in [9.17, 15) is 4.79 Å². The van der Waals surface area contributed by atoms with Gasteiger partial charge in [0, 0.05) is 30.4 Å². The third-order valence-corrected chi connectivity index (χ3v) is 3.85. The molecule has 1 atom stereocenters. The van der Waals surface area contributed by atoms with E-state index in [1.54, 1.807) is 30.6 Å². The lowest BCUT2D eigenvalue weighted by atomic mass is 10.1. The molecule has 2 heterocycles. The van der Waals surface area contributed by atoms with Crippen LogP contribution in [0.15, 0.2) is 41.8 Å². The van der Waals surface area contributed by atoms with E-state index >= 15 is 0 Å². The average Bonchev–Trinajstić information content (AvgIpc) is 3.13. The molecule has 0 fully saturated rings. The lowest BCUT2D eigenvalue weighted by molar-refractivity contribution is -0.135. The molecule has 8 heteroatoms. The van der Waals surface area contributed by atoms with Gasteiger partial charge in [-0.2, -0.15) is 5.01 Å². The van der Waals surface area contributed by atoms with Gasteiger partial charge in [-0.15, -0.1) is 5.10 Å². The summed E-state index contributed by atoms with van der Waals surface area (Å²) in [5.74, 6) is 1.42. The van der Waals surface area contributed by atoms with Gasteiger partial charge in [0.2, 0.25) is 23.8 Å². The van der Waals surface area contributed by atoms with E-state index in [0.29, 0.717) is 28.4 Å². The molecule has 0 aliphatic carbocycles. The van der Waals surface area contributed by atoms with Crippen molar-refractivity contribution >= 4 is 11.8 Å². The smallest absolute Gasteiger partial charge is 0.243 e. The molecule has 1 unspecified atom stereocenters. The number of aromatic nitrogens is 1. The quantitative estimate of drug-likeness (QED) is 0.817. The van der Waals surface area contributed by atoms with E-state index in [2.05, 4.69) is 10.1 Å². The van der Waals surface area contributed by atoms with E-state index in [0.717, 1.165) is 0 Å². The third kappa shape index (κ3) is 3.13. The first kappa shape index (κ1) is 17.5. The number of amides is 1. The van der Waals surface area contributed by atoms with Crippen LogP contribution < -0.4 is 14.2 Å². The van der Waals surface area contributed by atoms with Crippen molar-refractivity contribution in [1.82, 2.24) is 9.99 Å². The third-order valence-electron chi connectivity index (χ3n) is 3.85. The lowest BCUT2D eigenvalue weighted by Gasteiger charge is -2.18. The van der Waals surface area contributed by atoms with E-state index in [1.807, 2.05) is 6.07 Å². The highest BCUT2D eigenvalue weighted by atomic mass is 16.5. The molecule has 0 bridgehead atoms. The zero-order valence-corrected chi connectivity index (χ0v) is 14.9. The Kier molecular flexibility index (Phi) is 4.92. The molecule has 8 nitrogen and oxygen atoms in total. The van der Waals surface area contributed by atoms with Crippen LogP contribution in [0.1, 0.15) is 24.3 Å². The highest BCUT2D eigenvalue weighted by Gasteiger charge is 2.34. The Balaban J connectivity index is 2.02. The minimum Gasteiger partial charge on any atom is -0.493 e. The fraction of sp³-hybridized carbons (Fsp3) is 0.278. The molecule has 3 rings (SSSR count). The van der Waals surface area contributed by atoms with Crippen molar-refractivity contribution in [2.45, 2.75) is 13.2 Å². The second-order valence-electron chi connectivity index (χ2n) is 5.44. The van der Waals surface area contributed by atoms with Crippen molar-refractivity contribution in [2.75, 3.05) is 21.3 Å². The van der Waals surface area contributed by atoms with Crippen LogP contribution in [-0.4, -0.2) is 43.1 Å². The van der Waals surface area contributed by atoms with Crippen molar-refractivity contribution in [3.05, 3.63) is 47.8 Å². The minimum absolute atomic E-state index is 0.249. The molecule has 26 heavy (non-hydrogen) atoms. The van der Waals surface area contributed by atoms with Crippen LogP contribution in [0.2, 0.25) is 0 Å². The summed E-state index contributed by atoms with van der Waals surface area (Å²) in [7, 11) is 4.58. The number of rotatable bonds is 5. The fourth-order valence-electron chi connectivity index (χ4n) is 2.63. The summed E-state index contributed by atoms with van der Waals surface area (Å²) in [4.78, 5) is 16.1.